The van der Waals surface area contributed by atoms with Crippen LogP contribution in [0.1, 0.15) is 12.0 Å². The van der Waals surface area contributed by atoms with Crippen LogP contribution in [0.3, 0.4) is 0 Å². The predicted molar refractivity (Wildman–Crippen MR) is 94.2 cm³/mol. The lowest BCUT2D eigenvalue weighted by Gasteiger charge is -2.07. The first kappa shape index (κ1) is 15.7. The molecule has 0 aliphatic heterocycles. The molecule has 2 atom stereocenters. The lowest BCUT2D eigenvalue weighted by Crippen LogP contribution is -2.20. The van der Waals surface area contributed by atoms with Crippen LogP contribution >= 0.6 is 15.9 Å². The van der Waals surface area contributed by atoms with E-state index in [1.54, 1.807) is 0 Å². The van der Waals surface area contributed by atoms with Crippen LogP contribution in [0, 0.1) is 18.8 Å². The van der Waals surface area contributed by atoms with Crippen molar-refractivity contribution in [3.63, 3.8) is 0 Å². The number of carbonyl (C=O) groups is 2. The van der Waals surface area contributed by atoms with Gasteiger partial charge in [0.25, 0.3) is 0 Å². The van der Waals surface area contributed by atoms with Gasteiger partial charge in [0.1, 0.15) is 0 Å². The van der Waals surface area contributed by atoms with Crippen LogP contribution in [0.5, 0.6) is 0 Å². The second-order valence-corrected chi connectivity index (χ2v) is 6.72. The van der Waals surface area contributed by atoms with Crippen LogP contribution in [-0.2, 0) is 9.59 Å². The molecule has 2 aromatic rings. The van der Waals surface area contributed by atoms with Crippen LogP contribution in [0.2, 0.25) is 0 Å². The molecule has 2 aromatic carbocycles. The Bertz CT molecular complexity index is 743. The highest BCUT2D eigenvalue weighted by atomic mass is 79.9. The van der Waals surface area contributed by atoms with E-state index in [1.807, 2.05) is 55.5 Å². The van der Waals surface area contributed by atoms with Gasteiger partial charge >= 0.3 is 0 Å². The number of nitrogens with one attached hydrogen (secondary N) is 2. The van der Waals surface area contributed by atoms with Crippen LogP contribution in [0.25, 0.3) is 0 Å². The molecule has 118 valence electrons. The van der Waals surface area contributed by atoms with Crippen molar-refractivity contribution in [1.29, 1.82) is 0 Å². The van der Waals surface area contributed by atoms with E-state index in [4.69, 9.17) is 0 Å². The zero-order chi connectivity index (χ0) is 16.4. The van der Waals surface area contributed by atoms with Gasteiger partial charge in [0.05, 0.1) is 11.8 Å². The normalized spacial score (nSPS) is 19.0. The fraction of sp³-hybridized carbons (Fsp3) is 0.222. The summed E-state index contributed by atoms with van der Waals surface area (Å²) in [5, 5.41) is 5.72. The highest BCUT2D eigenvalue weighted by Crippen LogP contribution is 2.40. The Kier molecular flexibility index (Phi) is 4.48. The van der Waals surface area contributed by atoms with Crippen LogP contribution < -0.4 is 10.6 Å². The molecule has 0 radical (unpaired) electrons. The quantitative estimate of drug-likeness (QED) is 0.852. The average molecular weight is 373 g/mol. The van der Waals surface area contributed by atoms with Gasteiger partial charge in [-0.3, -0.25) is 9.59 Å². The van der Waals surface area contributed by atoms with Crippen molar-refractivity contribution in [2.45, 2.75) is 13.3 Å². The second kappa shape index (κ2) is 6.54. The first-order chi connectivity index (χ1) is 11.0. The van der Waals surface area contributed by atoms with Gasteiger partial charge in [-0.05, 0) is 55.3 Å². The maximum absolute atomic E-state index is 12.2. The van der Waals surface area contributed by atoms with Crippen molar-refractivity contribution >= 4 is 39.1 Å². The first-order valence-electron chi connectivity index (χ1n) is 7.47. The molecular weight excluding hydrogens is 356 g/mol. The van der Waals surface area contributed by atoms with E-state index in [0.717, 1.165) is 21.4 Å². The van der Waals surface area contributed by atoms with Crippen LogP contribution in [0.4, 0.5) is 11.4 Å². The molecule has 4 nitrogen and oxygen atoms in total. The Morgan fingerprint density at radius 2 is 1.57 bits per heavy atom. The summed E-state index contributed by atoms with van der Waals surface area (Å²) in [6, 6.07) is 15.0. The van der Waals surface area contributed by atoms with Crippen molar-refractivity contribution in [3.05, 3.63) is 58.6 Å². The van der Waals surface area contributed by atoms with Crippen molar-refractivity contribution in [2.24, 2.45) is 11.8 Å². The van der Waals surface area contributed by atoms with Gasteiger partial charge in [-0.2, -0.15) is 0 Å². The molecule has 1 aliphatic rings. The zero-order valence-corrected chi connectivity index (χ0v) is 14.3. The molecule has 3 rings (SSSR count). The summed E-state index contributed by atoms with van der Waals surface area (Å²) in [5.74, 6) is -0.683. The molecule has 0 heterocycles. The van der Waals surface area contributed by atoms with Gasteiger partial charge < -0.3 is 10.6 Å². The SMILES string of the molecule is Cc1cccc(NC(=O)C2CC2C(=O)Nc2ccc(Br)cc2)c1. The van der Waals surface area contributed by atoms with Crippen LogP contribution in [-0.4, -0.2) is 11.8 Å². The fourth-order valence-corrected chi connectivity index (χ4v) is 2.76. The Labute approximate surface area is 143 Å². The van der Waals surface area contributed by atoms with E-state index in [2.05, 4.69) is 26.6 Å². The third-order valence-corrected chi connectivity index (χ3v) is 4.39. The average Bonchev–Trinajstić information content (AvgIpc) is 3.30. The summed E-state index contributed by atoms with van der Waals surface area (Å²) in [5.41, 5.74) is 2.60. The van der Waals surface area contributed by atoms with Crippen molar-refractivity contribution in [3.8, 4) is 0 Å². The number of hydrogen-bond donors (Lipinski definition) is 2. The van der Waals surface area contributed by atoms with E-state index in [0.29, 0.717) is 6.42 Å². The largest absolute Gasteiger partial charge is 0.326 e. The number of aryl methyl sites for hydroxylation is 1. The fourth-order valence-electron chi connectivity index (χ4n) is 2.50. The van der Waals surface area contributed by atoms with Gasteiger partial charge in [-0.1, -0.05) is 28.1 Å². The third kappa shape index (κ3) is 3.99. The minimum Gasteiger partial charge on any atom is -0.326 e. The number of halogens is 1. The number of amides is 2. The highest BCUT2D eigenvalue weighted by Gasteiger charge is 2.48. The summed E-state index contributed by atoms with van der Waals surface area (Å²) in [6.07, 6.45) is 0.597. The van der Waals surface area contributed by atoms with Crippen molar-refractivity contribution in [2.75, 3.05) is 10.6 Å². The predicted octanol–water partition coefficient (Wildman–Crippen LogP) is 3.97. The number of rotatable bonds is 4. The topological polar surface area (TPSA) is 58.2 Å². The molecule has 2 unspecified atom stereocenters. The lowest BCUT2D eigenvalue weighted by atomic mass is 10.2. The van der Waals surface area contributed by atoms with Gasteiger partial charge in [0.15, 0.2) is 0 Å². The minimum atomic E-state index is -0.247. The van der Waals surface area contributed by atoms with Crippen molar-refractivity contribution in [1.82, 2.24) is 0 Å². The molecule has 0 aromatic heterocycles. The van der Waals surface area contributed by atoms with Crippen molar-refractivity contribution < 1.29 is 9.59 Å². The molecule has 5 heteroatoms. The Hall–Kier alpha value is -2.14. The number of hydrogen-bond acceptors (Lipinski definition) is 2. The third-order valence-electron chi connectivity index (χ3n) is 3.86. The Morgan fingerprint density at radius 1 is 0.957 bits per heavy atom. The Morgan fingerprint density at radius 3 is 2.17 bits per heavy atom. The molecular formula is C18H17BrN2O2. The molecule has 2 amide bonds. The summed E-state index contributed by atoms with van der Waals surface area (Å²) < 4.78 is 0.956. The maximum atomic E-state index is 12.2. The van der Waals surface area contributed by atoms with Gasteiger partial charge in [-0.25, -0.2) is 0 Å². The molecule has 2 N–H and O–H groups in total. The standard InChI is InChI=1S/C18H17BrN2O2/c1-11-3-2-4-14(9-11)21-18(23)16-10-15(16)17(22)20-13-7-5-12(19)6-8-13/h2-9,15-16H,10H2,1H3,(H,20,22)(H,21,23). The number of anilines is 2. The molecule has 23 heavy (non-hydrogen) atoms. The summed E-state index contributed by atoms with van der Waals surface area (Å²) >= 11 is 3.35. The van der Waals surface area contributed by atoms with E-state index in [9.17, 15) is 9.59 Å². The smallest absolute Gasteiger partial charge is 0.228 e. The van der Waals surface area contributed by atoms with E-state index in [-0.39, 0.29) is 23.7 Å². The number of benzene rings is 2. The first-order valence-corrected chi connectivity index (χ1v) is 8.26. The molecule has 1 fully saturated rings. The zero-order valence-electron chi connectivity index (χ0n) is 12.7. The monoisotopic (exact) mass is 372 g/mol. The number of carbonyl (C=O) groups excluding carboxylic acids is 2. The lowest BCUT2D eigenvalue weighted by molar-refractivity contribution is -0.122. The molecule has 0 saturated heterocycles. The summed E-state index contributed by atoms with van der Waals surface area (Å²) in [7, 11) is 0. The Balaban J connectivity index is 1.55. The van der Waals surface area contributed by atoms with Crippen LogP contribution in [0.15, 0.2) is 53.0 Å². The summed E-state index contributed by atoms with van der Waals surface area (Å²) in [4.78, 5) is 24.4. The van der Waals surface area contributed by atoms with E-state index < -0.39 is 0 Å². The van der Waals surface area contributed by atoms with E-state index in [1.165, 1.54) is 0 Å². The van der Waals surface area contributed by atoms with Gasteiger partial charge in [-0.15, -0.1) is 0 Å². The molecule has 1 aliphatic carbocycles. The second-order valence-electron chi connectivity index (χ2n) is 5.80. The molecule has 0 spiro atoms. The maximum Gasteiger partial charge on any atom is 0.228 e. The van der Waals surface area contributed by atoms with Gasteiger partial charge in [0.2, 0.25) is 11.8 Å². The molecule has 1 saturated carbocycles. The highest BCUT2D eigenvalue weighted by molar-refractivity contribution is 9.10. The molecule has 0 bridgehead atoms. The summed E-state index contributed by atoms with van der Waals surface area (Å²) in [6.45, 7) is 1.97. The van der Waals surface area contributed by atoms with Gasteiger partial charge in [0, 0.05) is 15.8 Å². The minimum absolute atomic E-state index is 0.0912. The van der Waals surface area contributed by atoms with E-state index >= 15 is 0 Å².